The molecule has 0 radical (unpaired) electrons. The van der Waals surface area contributed by atoms with Crippen molar-refractivity contribution in [1.29, 1.82) is 0 Å². The molecular weight excluding hydrogens is 244 g/mol. The second kappa shape index (κ2) is 5.13. The highest BCUT2D eigenvalue weighted by molar-refractivity contribution is 7.11. The lowest BCUT2D eigenvalue weighted by Crippen LogP contribution is -2.44. The zero-order chi connectivity index (χ0) is 13.2. The lowest BCUT2D eigenvalue weighted by molar-refractivity contribution is -0.140. The van der Waals surface area contributed by atoms with Gasteiger partial charge in [-0.25, -0.2) is 4.79 Å². The fraction of sp³-hybridized carbons (Fsp3) is 0.500. The summed E-state index contributed by atoms with van der Waals surface area (Å²) >= 11 is 0.772. The maximum atomic E-state index is 11.8. The highest BCUT2D eigenvalue weighted by Crippen LogP contribution is 2.10. The molecule has 0 saturated heterocycles. The molecule has 1 unspecified atom stereocenters. The Hall–Kier alpha value is -1.63. The molecule has 17 heavy (non-hydrogen) atoms. The predicted octanol–water partition coefficient (Wildman–Crippen LogP) is 0.584. The number of carboxylic acid groups (broad SMARTS) is 1. The van der Waals surface area contributed by atoms with E-state index in [0.29, 0.717) is 5.69 Å². The van der Waals surface area contributed by atoms with Crippen LogP contribution in [0, 0.1) is 12.8 Å². The lowest BCUT2D eigenvalue weighted by Gasteiger charge is -2.17. The van der Waals surface area contributed by atoms with Crippen LogP contribution in [0.5, 0.6) is 0 Å². The average Bonchev–Trinajstić information content (AvgIpc) is 2.53. The second-order valence-corrected chi connectivity index (χ2v) is 4.99. The third kappa shape index (κ3) is 3.16. The summed E-state index contributed by atoms with van der Waals surface area (Å²) in [6.07, 6.45) is 0. The van der Waals surface area contributed by atoms with Crippen molar-refractivity contribution in [2.75, 3.05) is 0 Å². The van der Waals surface area contributed by atoms with Gasteiger partial charge in [0.25, 0.3) is 5.91 Å². The van der Waals surface area contributed by atoms with Gasteiger partial charge in [0, 0.05) is 5.69 Å². The molecule has 1 aromatic rings. The summed E-state index contributed by atoms with van der Waals surface area (Å²) in [5.74, 6) is -1.85. The Morgan fingerprint density at radius 3 is 2.35 bits per heavy atom. The van der Waals surface area contributed by atoms with Crippen LogP contribution < -0.4 is 10.2 Å². The third-order valence-electron chi connectivity index (χ3n) is 2.25. The van der Waals surface area contributed by atoms with Gasteiger partial charge in [-0.2, -0.15) is 0 Å². The van der Waals surface area contributed by atoms with E-state index in [0.717, 1.165) is 11.3 Å². The Morgan fingerprint density at radius 2 is 2.00 bits per heavy atom. The van der Waals surface area contributed by atoms with Gasteiger partial charge >= 0.3 is 10.8 Å². The first-order valence-corrected chi connectivity index (χ1v) is 5.88. The minimum absolute atomic E-state index is 0.224. The summed E-state index contributed by atoms with van der Waals surface area (Å²) < 4.78 is 0. The highest BCUT2D eigenvalue weighted by atomic mass is 32.1. The van der Waals surface area contributed by atoms with Crippen molar-refractivity contribution in [3.05, 3.63) is 20.2 Å². The van der Waals surface area contributed by atoms with E-state index in [1.807, 2.05) is 0 Å². The van der Waals surface area contributed by atoms with E-state index in [1.165, 1.54) is 0 Å². The van der Waals surface area contributed by atoms with E-state index < -0.39 is 17.9 Å². The summed E-state index contributed by atoms with van der Waals surface area (Å²) in [4.78, 5) is 36.1. The monoisotopic (exact) mass is 258 g/mol. The molecule has 1 amide bonds. The van der Waals surface area contributed by atoms with Crippen LogP contribution in [0.15, 0.2) is 4.79 Å². The number of aliphatic carboxylic acids is 1. The first-order chi connectivity index (χ1) is 7.82. The van der Waals surface area contributed by atoms with Crippen LogP contribution in [0.3, 0.4) is 0 Å². The first-order valence-electron chi connectivity index (χ1n) is 5.06. The zero-order valence-electron chi connectivity index (χ0n) is 9.73. The Kier molecular flexibility index (Phi) is 4.06. The molecule has 0 aliphatic rings. The smallest absolute Gasteiger partial charge is 0.326 e. The van der Waals surface area contributed by atoms with E-state index in [1.54, 1.807) is 20.8 Å². The van der Waals surface area contributed by atoms with Crippen molar-refractivity contribution in [2.45, 2.75) is 26.8 Å². The number of thiazole rings is 1. The van der Waals surface area contributed by atoms with Gasteiger partial charge in [0.2, 0.25) is 0 Å². The Morgan fingerprint density at radius 1 is 1.41 bits per heavy atom. The largest absolute Gasteiger partial charge is 0.480 e. The molecule has 0 bridgehead atoms. The number of carbonyl (C=O) groups excluding carboxylic acids is 1. The van der Waals surface area contributed by atoms with Crippen molar-refractivity contribution in [2.24, 2.45) is 5.92 Å². The van der Waals surface area contributed by atoms with Crippen LogP contribution in [0.1, 0.15) is 29.2 Å². The molecular formula is C10H14N2O4S. The maximum Gasteiger partial charge on any atom is 0.326 e. The van der Waals surface area contributed by atoms with Gasteiger partial charge in [-0.05, 0) is 12.8 Å². The van der Waals surface area contributed by atoms with Crippen molar-refractivity contribution >= 4 is 23.2 Å². The van der Waals surface area contributed by atoms with E-state index in [-0.39, 0.29) is 15.7 Å². The van der Waals surface area contributed by atoms with Gasteiger partial charge in [-0.15, -0.1) is 0 Å². The molecule has 1 atom stereocenters. The summed E-state index contributed by atoms with van der Waals surface area (Å²) in [7, 11) is 0. The van der Waals surface area contributed by atoms with Gasteiger partial charge in [0.1, 0.15) is 10.9 Å². The number of aryl methyl sites for hydroxylation is 1. The number of amides is 1. The van der Waals surface area contributed by atoms with Crippen molar-refractivity contribution < 1.29 is 14.7 Å². The molecule has 0 aliphatic heterocycles. The maximum absolute atomic E-state index is 11.8. The summed E-state index contributed by atoms with van der Waals surface area (Å²) in [5, 5.41) is 11.3. The standard InChI is InChI=1S/C10H14N2O4S/c1-4(2)6(9(14)15)12-8(13)7-5(3)11-10(16)17-7/h4,6H,1-3H3,(H,11,16)(H,12,13)(H,14,15). The number of aromatic nitrogens is 1. The number of hydrogen-bond donors (Lipinski definition) is 3. The number of nitrogens with one attached hydrogen (secondary N) is 2. The number of carbonyl (C=O) groups is 2. The van der Waals surface area contributed by atoms with E-state index in [4.69, 9.17) is 5.11 Å². The minimum atomic E-state index is -1.09. The molecule has 1 rings (SSSR count). The van der Waals surface area contributed by atoms with Gasteiger partial charge in [0.05, 0.1) is 0 Å². The summed E-state index contributed by atoms with van der Waals surface area (Å²) in [5.41, 5.74) is 0.449. The quantitative estimate of drug-likeness (QED) is 0.735. The highest BCUT2D eigenvalue weighted by Gasteiger charge is 2.25. The lowest BCUT2D eigenvalue weighted by atomic mass is 10.0. The van der Waals surface area contributed by atoms with Gasteiger partial charge in [-0.3, -0.25) is 9.59 Å². The molecule has 0 aromatic carbocycles. The van der Waals surface area contributed by atoms with Crippen molar-refractivity contribution in [3.63, 3.8) is 0 Å². The topological polar surface area (TPSA) is 99.3 Å². The molecule has 0 saturated carbocycles. The number of hydrogen-bond acceptors (Lipinski definition) is 4. The predicted molar refractivity (Wildman–Crippen MR) is 63.4 cm³/mol. The van der Waals surface area contributed by atoms with Crippen LogP contribution >= 0.6 is 11.3 Å². The molecule has 0 aliphatic carbocycles. The molecule has 1 aromatic heterocycles. The van der Waals surface area contributed by atoms with Crippen LogP contribution in [0.25, 0.3) is 0 Å². The molecule has 0 spiro atoms. The normalized spacial score (nSPS) is 12.5. The number of aromatic amines is 1. The van der Waals surface area contributed by atoms with Gasteiger partial charge in [0.15, 0.2) is 0 Å². The third-order valence-corrected chi connectivity index (χ3v) is 3.23. The summed E-state index contributed by atoms with van der Waals surface area (Å²) in [6, 6.07) is -0.959. The molecule has 3 N–H and O–H groups in total. The number of H-pyrrole nitrogens is 1. The number of rotatable bonds is 4. The van der Waals surface area contributed by atoms with Crippen LogP contribution in [0.4, 0.5) is 0 Å². The van der Waals surface area contributed by atoms with Gasteiger partial charge in [-0.1, -0.05) is 25.2 Å². The average molecular weight is 258 g/mol. The van der Waals surface area contributed by atoms with E-state index in [9.17, 15) is 14.4 Å². The van der Waals surface area contributed by atoms with E-state index in [2.05, 4.69) is 10.3 Å². The number of carboxylic acids is 1. The fourth-order valence-electron chi connectivity index (χ4n) is 1.34. The Labute approximate surface area is 102 Å². The first kappa shape index (κ1) is 13.4. The van der Waals surface area contributed by atoms with Crippen LogP contribution in [-0.2, 0) is 4.79 Å². The fourth-order valence-corrected chi connectivity index (χ4v) is 2.09. The molecule has 6 nitrogen and oxygen atoms in total. The van der Waals surface area contributed by atoms with Crippen LogP contribution in [0.2, 0.25) is 0 Å². The summed E-state index contributed by atoms with van der Waals surface area (Å²) in [6.45, 7) is 4.99. The second-order valence-electron chi connectivity index (χ2n) is 4.00. The zero-order valence-corrected chi connectivity index (χ0v) is 10.6. The SMILES string of the molecule is Cc1[nH]c(=O)sc1C(=O)NC(C(=O)O)C(C)C. The molecule has 94 valence electrons. The molecule has 0 fully saturated rings. The van der Waals surface area contributed by atoms with Crippen LogP contribution in [-0.4, -0.2) is 28.0 Å². The molecule has 1 heterocycles. The van der Waals surface area contributed by atoms with Crippen molar-refractivity contribution in [3.8, 4) is 0 Å². The minimum Gasteiger partial charge on any atom is -0.480 e. The van der Waals surface area contributed by atoms with Crippen molar-refractivity contribution in [1.82, 2.24) is 10.3 Å². The Bertz CT molecular complexity index is 489. The van der Waals surface area contributed by atoms with Gasteiger partial charge < -0.3 is 15.4 Å². The molecule has 7 heteroatoms. The Balaban J connectivity index is 2.88. The van der Waals surface area contributed by atoms with E-state index >= 15 is 0 Å².